The molecule has 2 aromatic heterocycles. The van der Waals surface area contributed by atoms with E-state index >= 15 is 0 Å². The lowest BCUT2D eigenvalue weighted by atomic mass is 10.2. The average Bonchev–Trinajstić information content (AvgIpc) is 2.55. The van der Waals surface area contributed by atoms with Crippen LogP contribution in [-0.2, 0) is 6.42 Å². The second-order valence-electron chi connectivity index (χ2n) is 5.30. The molecule has 2 aromatic rings. The average molecular weight is 299 g/mol. The molecule has 0 aliphatic carbocycles. The number of nitrogens with two attached hydrogens (primary N) is 2. The van der Waals surface area contributed by atoms with Gasteiger partial charge in [-0.05, 0) is 18.6 Å². The molecule has 3 rings (SSSR count). The molecule has 22 heavy (non-hydrogen) atoms. The topological polar surface area (TPSA) is 97.2 Å². The molecule has 3 heterocycles. The zero-order chi connectivity index (χ0) is 15.5. The van der Waals surface area contributed by atoms with E-state index in [1.807, 2.05) is 24.5 Å². The third-order valence-electron chi connectivity index (χ3n) is 3.96. The number of hydrogen-bond donors (Lipinski definition) is 2. The Morgan fingerprint density at radius 3 is 2.27 bits per heavy atom. The molecule has 0 amide bonds. The van der Waals surface area contributed by atoms with Gasteiger partial charge in [0.05, 0.1) is 5.69 Å². The maximum absolute atomic E-state index is 6.08. The normalized spacial score (nSPS) is 15.1. The maximum Gasteiger partial charge on any atom is 0.222 e. The van der Waals surface area contributed by atoms with Crippen LogP contribution in [0, 0.1) is 0 Å². The Kier molecular flexibility index (Phi) is 3.95. The van der Waals surface area contributed by atoms with E-state index in [4.69, 9.17) is 11.5 Å². The van der Waals surface area contributed by atoms with E-state index in [1.165, 1.54) is 5.69 Å². The quantitative estimate of drug-likeness (QED) is 0.870. The van der Waals surface area contributed by atoms with E-state index in [1.54, 1.807) is 0 Å². The molecule has 116 valence electrons. The molecular weight excluding hydrogens is 278 g/mol. The van der Waals surface area contributed by atoms with Crippen molar-refractivity contribution in [2.45, 2.75) is 13.3 Å². The van der Waals surface area contributed by atoms with Gasteiger partial charge in [-0.25, -0.2) is 4.98 Å². The summed E-state index contributed by atoms with van der Waals surface area (Å²) in [6, 6.07) is 4.07. The van der Waals surface area contributed by atoms with Gasteiger partial charge in [0.25, 0.3) is 0 Å². The van der Waals surface area contributed by atoms with Crippen molar-refractivity contribution in [2.75, 3.05) is 47.4 Å². The summed E-state index contributed by atoms with van der Waals surface area (Å²) in [5, 5.41) is 0. The van der Waals surface area contributed by atoms with E-state index in [-0.39, 0.29) is 5.95 Å². The summed E-state index contributed by atoms with van der Waals surface area (Å²) in [4.78, 5) is 17.1. The highest BCUT2D eigenvalue weighted by Crippen LogP contribution is 2.28. The van der Waals surface area contributed by atoms with Gasteiger partial charge in [0.15, 0.2) is 5.82 Å². The van der Waals surface area contributed by atoms with Crippen molar-refractivity contribution in [1.82, 2.24) is 15.0 Å². The van der Waals surface area contributed by atoms with Gasteiger partial charge in [-0.2, -0.15) is 4.98 Å². The first kappa shape index (κ1) is 14.4. The van der Waals surface area contributed by atoms with Crippen molar-refractivity contribution in [1.29, 1.82) is 0 Å². The predicted molar refractivity (Wildman–Crippen MR) is 88.9 cm³/mol. The third-order valence-corrected chi connectivity index (χ3v) is 3.96. The number of nitrogen functional groups attached to an aromatic ring is 2. The number of hydrogen-bond acceptors (Lipinski definition) is 7. The molecule has 0 radical (unpaired) electrons. The van der Waals surface area contributed by atoms with E-state index in [0.717, 1.165) is 44.0 Å². The minimum atomic E-state index is 0.244. The van der Waals surface area contributed by atoms with Crippen LogP contribution in [0.5, 0.6) is 0 Å². The smallest absolute Gasteiger partial charge is 0.222 e. The van der Waals surface area contributed by atoms with E-state index in [9.17, 15) is 0 Å². The summed E-state index contributed by atoms with van der Waals surface area (Å²) in [5.41, 5.74) is 14.8. The van der Waals surface area contributed by atoms with Gasteiger partial charge in [0, 0.05) is 44.3 Å². The van der Waals surface area contributed by atoms with Gasteiger partial charge in [0.1, 0.15) is 5.69 Å². The number of piperazine rings is 1. The summed E-state index contributed by atoms with van der Waals surface area (Å²) in [7, 11) is 0. The Labute approximate surface area is 130 Å². The van der Waals surface area contributed by atoms with Crippen molar-refractivity contribution in [3.8, 4) is 0 Å². The molecule has 0 aromatic carbocycles. The third kappa shape index (κ3) is 2.74. The van der Waals surface area contributed by atoms with Crippen LogP contribution in [-0.4, -0.2) is 41.1 Å². The van der Waals surface area contributed by atoms with Gasteiger partial charge in [-0.15, -0.1) is 0 Å². The van der Waals surface area contributed by atoms with E-state index < -0.39 is 0 Å². The Morgan fingerprint density at radius 1 is 1.00 bits per heavy atom. The van der Waals surface area contributed by atoms with Gasteiger partial charge < -0.3 is 21.3 Å². The van der Waals surface area contributed by atoms with Gasteiger partial charge >= 0.3 is 0 Å². The fourth-order valence-electron chi connectivity index (χ4n) is 2.87. The lowest BCUT2D eigenvalue weighted by Gasteiger charge is -2.38. The van der Waals surface area contributed by atoms with Gasteiger partial charge in [0.2, 0.25) is 5.95 Å². The van der Waals surface area contributed by atoms with E-state index in [0.29, 0.717) is 5.82 Å². The summed E-state index contributed by atoms with van der Waals surface area (Å²) >= 11 is 0. The fourth-order valence-corrected chi connectivity index (χ4v) is 2.87. The molecule has 0 atom stereocenters. The predicted octanol–water partition coefficient (Wildman–Crippen LogP) is 0.925. The van der Waals surface area contributed by atoms with Crippen molar-refractivity contribution in [2.24, 2.45) is 0 Å². The molecule has 0 spiro atoms. The number of aromatic nitrogens is 3. The van der Waals surface area contributed by atoms with E-state index in [2.05, 4.69) is 31.7 Å². The van der Waals surface area contributed by atoms with Crippen molar-refractivity contribution in [3.63, 3.8) is 0 Å². The first-order chi connectivity index (χ1) is 10.7. The highest BCUT2D eigenvalue weighted by molar-refractivity contribution is 5.68. The highest BCUT2D eigenvalue weighted by atomic mass is 15.3. The van der Waals surface area contributed by atoms with Gasteiger partial charge in [-0.1, -0.05) is 6.92 Å². The van der Waals surface area contributed by atoms with Crippen LogP contribution >= 0.6 is 0 Å². The molecule has 0 unspecified atom stereocenters. The monoisotopic (exact) mass is 299 g/mol. The Hall–Kier alpha value is -2.57. The molecule has 7 nitrogen and oxygen atoms in total. The lowest BCUT2D eigenvalue weighted by molar-refractivity contribution is 0.649. The van der Waals surface area contributed by atoms with Crippen LogP contribution in [0.3, 0.4) is 0 Å². The lowest BCUT2D eigenvalue weighted by Crippen LogP contribution is -2.47. The molecule has 1 aliphatic heterocycles. The Balaban J connectivity index is 1.77. The summed E-state index contributed by atoms with van der Waals surface area (Å²) in [6.07, 6.45) is 4.43. The summed E-state index contributed by atoms with van der Waals surface area (Å²) in [5.74, 6) is 0.718. The van der Waals surface area contributed by atoms with Crippen LogP contribution in [0.2, 0.25) is 0 Å². The first-order valence-corrected chi connectivity index (χ1v) is 7.50. The zero-order valence-electron chi connectivity index (χ0n) is 12.7. The number of rotatable bonds is 3. The Morgan fingerprint density at radius 2 is 1.64 bits per heavy atom. The number of aryl methyl sites for hydroxylation is 1. The SMILES string of the molecule is CCc1nc(N)nc(N)c1N1CCN(c2ccncc2)CC1. The van der Waals surface area contributed by atoms with Crippen LogP contribution in [0.25, 0.3) is 0 Å². The minimum Gasteiger partial charge on any atom is -0.382 e. The van der Waals surface area contributed by atoms with Gasteiger partial charge in [-0.3, -0.25) is 4.98 Å². The van der Waals surface area contributed by atoms with Crippen molar-refractivity contribution >= 4 is 23.1 Å². The second-order valence-corrected chi connectivity index (χ2v) is 5.30. The molecule has 1 fully saturated rings. The molecule has 7 heteroatoms. The van der Waals surface area contributed by atoms with Crippen LogP contribution in [0.1, 0.15) is 12.6 Å². The number of anilines is 4. The van der Waals surface area contributed by atoms with Crippen LogP contribution in [0.4, 0.5) is 23.1 Å². The number of nitrogens with zero attached hydrogens (tertiary/aromatic N) is 5. The fraction of sp³-hybridized carbons (Fsp3) is 0.400. The summed E-state index contributed by atoms with van der Waals surface area (Å²) in [6.45, 7) is 5.67. The zero-order valence-corrected chi connectivity index (χ0v) is 12.7. The molecule has 1 aliphatic rings. The highest BCUT2D eigenvalue weighted by Gasteiger charge is 2.22. The second kappa shape index (κ2) is 6.05. The molecular formula is C15H21N7. The first-order valence-electron chi connectivity index (χ1n) is 7.50. The molecule has 0 saturated carbocycles. The minimum absolute atomic E-state index is 0.244. The largest absolute Gasteiger partial charge is 0.382 e. The molecule has 0 bridgehead atoms. The van der Waals surface area contributed by atoms with Crippen molar-refractivity contribution < 1.29 is 0 Å². The summed E-state index contributed by atoms with van der Waals surface area (Å²) < 4.78 is 0. The van der Waals surface area contributed by atoms with Crippen LogP contribution in [0.15, 0.2) is 24.5 Å². The standard InChI is InChI=1S/C15H21N7/c1-2-12-13(14(16)20-15(17)19-12)22-9-7-21(8-10-22)11-3-5-18-6-4-11/h3-6H,2,7-10H2,1H3,(H4,16,17,19,20). The molecule has 4 N–H and O–H groups in total. The number of pyridine rings is 1. The maximum atomic E-state index is 6.08. The van der Waals surface area contributed by atoms with Crippen molar-refractivity contribution in [3.05, 3.63) is 30.2 Å². The Bertz CT molecular complexity index is 636. The molecule has 1 saturated heterocycles. The van der Waals surface area contributed by atoms with Crippen LogP contribution < -0.4 is 21.3 Å².